The first-order chi connectivity index (χ1) is 7.15. The van der Waals surface area contributed by atoms with E-state index in [0.717, 1.165) is 25.7 Å². The van der Waals surface area contributed by atoms with Crippen molar-refractivity contribution in [2.75, 3.05) is 5.73 Å². The van der Waals surface area contributed by atoms with Crippen LogP contribution in [0.3, 0.4) is 0 Å². The summed E-state index contributed by atoms with van der Waals surface area (Å²) in [6.07, 6.45) is 4.52. The summed E-state index contributed by atoms with van der Waals surface area (Å²) in [7, 11) is 0. The van der Waals surface area contributed by atoms with Crippen molar-refractivity contribution in [1.29, 1.82) is 0 Å². The highest BCUT2D eigenvalue weighted by molar-refractivity contribution is 5.41. The molecule has 0 radical (unpaired) electrons. The Labute approximate surface area is 89.3 Å². The van der Waals surface area contributed by atoms with Gasteiger partial charge in [0.25, 0.3) is 0 Å². The maximum Gasteiger partial charge on any atom is 0.131 e. The van der Waals surface area contributed by atoms with Gasteiger partial charge in [0, 0.05) is 11.3 Å². The number of nitrogen functional groups attached to an aromatic ring is 1. The maximum absolute atomic E-state index is 13.3. The number of benzene rings is 1. The van der Waals surface area contributed by atoms with E-state index in [1.165, 1.54) is 12.1 Å². The summed E-state index contributed by atoms with van der Waals surface area (Å²) >= 11 is 0. The average Bonchev–Trinajstić information content (AvgIpc) is 2.15. The Hall–Kier alpha value is -1.12. The van der Waals surface area contributed by atoms with Crippen LogP contribution in [0.25, 0.3) is 0 Å². The number of unbranched alkanes of at least 4 members (excludes halogenated alkanes) is 3. The molecule has 0 aliphatic carbocycles. The van der Waals surface area contributed by atoms with Crippen LogP contribution in [0.15, 0.2) is 12.1 Å². The molecule has 0 heterocycles. The topological polar surface area (TPSA) is 26.0 Å². The van der Waals surface area contributed by atoms with Gasteiger partial charge >= 0.3 is 0 Å². The fourth-order valence-electron chi connectivity index (χ4n) is 1.59. The lowest BCUT2D eigenvalue weighted by Crippen LogP contribution is -1.98. The Morgan fingerprint density at radius 2 is 1.67 bits per heavy atom. The Bertz CT molecular complexity index is 300. The lowest BCUT2D eigenvalue weighted by Gasteiger charge is -2.05. The van der Waals surface area contributed by atoms with E-state index >= 15 is 0 Å². The first-order valence-electron chi connectivity index (χ1n) is 5.38. The molecule has 0 saturated carbocycles. The van der Waals surface area contributed by atoms with Crippen molar-refractivity contribution in [1.82, 2.24) is 0 Å². The van der Waals surface area contributed by atoms with Crippen molar-refractivity contribution in [2.45, 2.75) is 39.0 Å². The first-order valence-corrected chi connectivity index (χ1v) is 5.38. The molecule has 0 spiro atoms. The van der Waals surface area contributed by atoms with Crippen molar-refractivity contribution in [3.05, 3.63) is 29.3 Å². The molecule has 2 N–H and O–H groups in total. The Kier molecular flexibility index (Phi) is 4.53. The number of nitrogens with two attached hydrogens (primary N) is 1. The standard InChI is InChI=1S/C12H17F2N/c1-2-3-4-5-6-10-11(13)7-9(15)8-12(10)14/h7-8H,2-6,15H2,1H3. The lowest BCUT2D eigenvalue weighted by atomic mass is 10.0. The van der Waals surface area contributed by atoms with Gasteiger partial charge in [0.05, 0.1) is 0 Å². The Balaban J connectivity index is 2.60. The van der Waals surface area contributed by atoms with Gasteiger partial charge in [-0.15, -0.1) is 0 Å². The number of hydrogen-bond acceptors (Lipinski definition) is 1. The maximum atomic E-state index is 13.3. The van der Waals surface area contributed by atoms with E-state index in [9.17, 15) is 8.78 Å². The summed E-state index contributed by atoms with van der Waals surface area (Å²) in [5.41, 5.74) is 5.63. The van der Waals surface area contributed by atoms with Crippen LogP contribution in [0.5, 0.6) is 0 Å². The quantitative estimate of drug-likeness (QED) is 0.586. The highest BCUT2D eigenvalue weighted by atomic mass is 19.1. The van der Waals surface area contributed by atoms with Crippen LogP contribution in [0.1, 0.15) is 38.2 Å². The van der Waals surface area contributed by atoms with Gasteiger partial charge in [-0.25, -0.2) is 8.78 Å². The largest absolute Gasteiger partial charge is 0.399 e. The van der Waals surface area contributed by atoms with E-state index in [0.29, 0.717) is 6.42 Å². The molecule has 84 valence electrons. The van der Waals surface area contributed by atoms with E-state index in [1.807, 2.05) is 0 Å². The van der Waals surface area contributed by atoms with Gasteiger partial charge in [0.1, 0.15) is 11.6 Å². The molecule has 1 nitrogen and oxygen atoms in total. The molecule has 1 aromatic rings. The van der Waals surface area contributed by atoms with Gasteiger partial charge in [0.15, 0.2) is 0 Å². The summed E-state index contributed by atoms with van der Waals surface area (Å²) in [5.74, 6) is -1.05. The van der Waals surface area contributed by atoms with Gasteiger partial charge in [0.2, 0.25) is 0 Å². The van der Waals surface area contributed by atoms with Gasteiger partial charge in [-0.3, -0.25) is 0 Å². The van der Waals surface area contributed by atoms with Gasteiger partial charge < -0.3 is 5.73 Å². The third-order valence-corrected chi connectivity index (χ3v) is 2.44. The van der Waals surface area contributed by atoms with Crippen LogP contribution in [0, 0.1) is 11.6 Å². The van der Waals surface area contributed by atoms with Crippen LogP contribution in [0.4, 0.5) is 14.5 Å². The van der Waals surface area contributed by atoms with Gasteiger partial charge in [-0.05, 0) is 25.0 Å². The van der Waals surface area contributed by atoms with E-state index in [1.54, 1.807) is 0 Å². The number of halogens is 2. The number of hydrogen-bond donors (Lipinski definition) is 1. The summed E-state index contributed by atoms with van der Waals surface area (Å²) in [6.45, 7) is 2.10. The second kappa shape index (κ2) is 5.69. The third kappa shape index (κ3) is 3.50. The number of anilines is 1. The van der Waals surface area contributed by atoms with Gasteiger partial charge in [-0.1, -0.05) is 26.2 Å². The fraction of sp³-hybridized carbons (Fsp3) is 0.500. The fourth-order valence-corrected chi connectivity index (χ4v) is 1.59. The molecule has 0 amide bonds. The SMILES string of the molecule is CCCCCCc1c(F)cc(N)cc1F. The molecule has 1 aromatic carbocycles. The molecule has 0 fully saturated rings. The molecule has 0 aromatic heterocycles. The highest BCUT2D eigenvalue weighted by Crippen LogP contribution is 2.19. The van der Waals surface area contributed by atoms with Crippen LogP contribution < -0.4 is 5.73 Å². The molecular weight excluding hydrogens is 196 g/mol. The second-order valence-corrected chi connectivity index (χ2v) is 3.77. The molecule has 0 bridgehead atoms. The zero-order chi connectivity index (χ0) is 11.3. The summed E-state index contributed by atoms with van der Waals surface area (Å²) in [6, 6.07) is 2.36. The molecule has 15 heavy (non-hydrogen) atoms. The molecule has 0 saturated heterocycles. The minimum atomic E-state index is -0.524. The van der Waals surface area contributed by atoms with Crippen molar-refractivity contribution in [2.24, 2.45) is 0 Å². The van der Waals surface area contributed by atoms with Crippen LogP contribution in [-0.4, -0.2) is 0 Å². The Morgan fingerprint density at radius 3 is 2.20 bits per heavy atom. The zero-order valence-electron chi connectivity index (χ0n) is 9.02. The third-order valence-electron chi connectivity index (χ3n) is 2.44. The summed E-state index contributed by atoms with van der Waals surface area (Å²) in [5, 5.41) is 0. The van der Waals surface area contributed by atoms with Crippen molar-refractivity contribution in [3.8, 4) is 0 Å². The Morgan fingerprint density at radius 1 is 1.07 bits per heavy atom. The molecule has 0 aliphatic rings. The van der Waals surface area contributed by atoms with Crippen molar-refractivity contribution >= 4 is 5.69 Å². The highest BCUT2D eigenvalue weighted by Gasteiger charge is 2.09. The normalized spacial score (nSPS) is 10.6. The number of rotatable bonds is 5. The van der Waals surface area contributed by atoms with Crippen LogP contribution >= 0.6 is 0 Å². The van der Waals surface area contributed by atoms with Gasteiger partial charge in [-0.2, -0.15) is 0 Å². The van der Waals surface area contributed by atoms with Crippen LogP contribution in [-0.2, 0) is 6.42 Å². The lowest BCUT2D eigenvalue weighted by molar-refractivity contribution is 0.544. The van der Waals surface area contributed by atoms with E-state index < -0.39 is 11.6 Å². The van der Waals surface area contributed by atoms with Crippen LogP contribution in [0.2, 0.25) is 0 Å². The predicted molar refractivity (Wildman–Crippen MR) is 58.6 cm³/mol. The smallest absolute Gasteiger partial charge is 0.131 e. The summed E-state index contributed by atoms with van der Waals surface area (Å²) in [4.78, 5) is 0. The predicted octanol–water partition coefficient (Wildman–Crippen LogP) is 3.67. The molecular formula is C12H17F2N. The molecule has 1 rings (SSSR count). The zero-order valence-corrected chi connectivity index (χ0v) is 9.02. The average molecular weight is 213 g/mol. The van der Waals surface area contributed by atoms with Crippen molar-refractivity contribution < 1.29 is 8.78 Å². The van der Waals surface area contributed by atoms with E-state index in [-0.39, 0.29) is 11.3 Å². The molecule has 0 aliphatic heterocycles. The molecule has 3 heteroatoms. The van der Waals surface area contributed by atoms with E-state index in [4.69, 9.17) is 5.73 Å². The molecule has 0 atom stereocenters. The van der Waals surface area contributed by atoms with Crippen molar-refractivity contribution in [3.63, 3.8) is 0 Å². The molecule has 0 unspecified atom stereocenters. The monoisotopic (exact) mass is 213 g/mol. The van der Waals surface area contributed by atoms with E-state index in [2.05, 4.69) is 6.92 Å². The summed E-state index contributed by atoms with van der Waals surface area (Å²) < 4.78 is 26.6. The first kappa shape index (κ1) is 12.0. The second-order valence-electron chi connectivity index (χ2n) is 3.77. The minimum absolute atomic E-state index is 0.141. The minimum Gasteiger partial charge on any atom is -0.399 e.